The Morgan fingerprint density at radius 3 is 2.48 bits per heavy atom. The summed E-state index contributed by atoms with van der Waals surface area (Å²) in [7, 11) is 1.54. The van der Waals surface area contributed by atoms with Crippen LogP contribution in [-0.4, -0.2) is 25.8 Å². The lowest BCUT2D eigenvalue weighted by atomic mass is 10.2. The Labute approximate surface area is 190 Å². The Morgan fingerprint density at radius 1 is 1.00 bits per heavy atom. The van der Waals surface area contributed by atoms with Crippen molar-refractivity contribution in [3.05, 3.63) is 87.9 Å². The van der Waals surface area contributed by atoms with Gasteiger partial charge in [-0.2, -0.15) is 5.10 Å². The highest BCUT2D eigenvalue weighted by Crippen LogP contribution is 2.29. The number of rotatable bonds is 9. The molecule has 0 spiro atoms. The highest BCUT2D eigenvalue weighted by Gasteiger charge is 2.11. The van der Waals surface area contributed by atoms with Crippen molar-refractivity contribution in [3.8, 4) is 17.2 Å². The van der Waals surface area contributed by atoms with E-state index in [-0.39, 0.29) is 5.91 Å². The maximum atomic E-state index is 12.4. The quantitative estimate of drug-likeness (QED) is 0.336. The van der Waals surface area contributed by atoms with E-state index >= 15 is 0 Å². The maximum Gasteiger partial charge on any atom is 0.271 e. The Balaban J connectivity index is 1.62. The number of halogens is 1. The summed E-state index contributed by atoms with van der Waals surface area (Å²) in [4.78, 5) is 12.4. The summed E-state index contributed by atoms with van der Waals surface area (Å²) >= 11 is 3.46. The van der Waals surface area contributed by atoms with Crippen molar-refractivity contribution in [1.82, 2.24) is 5.43 Å². The van der Waals surface area contributed by atoms with Gasteiger partial charge in [0.15, 0.2) is 11.5 Å². The molecule has 3 rings (SSSR count). The van der Waals surface area contributed by atoms with Crippen molar-refractivity contribution in [3.63, 3.8) is 0 Å². The molecule has 160 valence electrons. The third kappa shape index (κ3) is 6.33. The molecule has 0 aliphatic heterocycles. The van der Waals surface area contributed by atoms with Crippen molar-refractivity contribution >= 4 is 28.1 Å². The Bertz CT molecular complexity index is 1050. The number of carbonyl (C=O) groups is 1. The van der Waals surface area contributed by atoms with Gasteiger partial charge in [-0.25, -0.2) is 5.43 Å². The number of hydrogen-bond acceptors (Lipinski definition) is 5. The number of hydrazone groups is 1. The molecular formula is C24H23BrN2O4. The minimum atomic E-state index is -0.353. The minimum absolute atomic E-state index is 0.353. The summed E-state index contributed by atoms with van der Waals surface area (Å²) in [6, 6.07) is 20.4. The first kappa shape index (κ1) is 22.4. The summed E-state index contributed by atoms with van der Waals surface area (Å²) in [5, 5.41) is 4.03. The average Bonchev–Trinajstić information content (AvgIpc) is 2.80. The van der Waals surface area contributed by atoms with Crippen molar-refractivity contribution in [1.29, 1.82) is 0 Å². The fourth-order valence-corrected chi connectivity index (χ4v) is 3.27. The standard InChI is InChI=1S/C24H23BrN2O4/c1-3-30-21-11-9-18(13-20(21)25)15-26-27-24(28)19-10-12-22(23(14-19)29-2)31-16-17-7-5-4-6-8-17/h4-15H,3,16H2,1-2H3,(H,27,28)/b26-15+. The fourth-order valence-electron chi connectivity index (χ4n) is 2.76. The van der Waals surface area contributed by atoms with Crippen LogP contribution in [0.25, 0.3) is 0 Å². The lowest BCUT2D eigenvalue weighted by Crippen LogP contribution is -2.17. The molecule has 0 aliphatic carbocycles. The SMILES string of the molecule is CCOc1ccc(/C=N/NC(=O)c2ccc(OCc3ccccc3)c(OC)c2)cc1Br. The van der Waals surface area contributed by atoms with Gasteiger partial charge >= 0.3 is 0 Å². The minimum Gasteiger partial charge on any atom is -0.493 e. The van der Waals surface area contributed by atoms with E-state index in [1.807, 2.05) is 55.5 Å². The van der Waals surface area contributed by atoms with Crippen LogP contribution in [0, 0.1) is 0 Å². The second kappa shape index (κ2) is 11.2. The van der Waals surface area contributed by atoms with Gasteiger partial charge in [0.2, 0.25) is 0 Å². The molecule has 0 atom stereocenters. The van der Waals surface area contributed by atoms with E-state index < -0.39 is 0 Å². The third-order valence-corrected chi connectivity index (χ3v) is 4.92. The molecular weight excluding hydrogens is 460 g/mol. The van der Waals surface area contributed by atoms with Crippen LogP contribution in [0.5, 0.6) is 17.2 Å². The molecule has 0 heterocycles. The van der Waals surface area contributed by atoms with Gasteiger partial charge in [-0.15, -0.1) is 0 Å². The second-order valence-electron chi connectivity index (χ2n) is 6.46. The lowest BCUT2D eigenvalue weighted by Gasteiger charge is -2.12. The van der Waals surface area contributed by atoms with Crippen molar-refractivity contribution in [2.24, 2.45) is 5.10 Å². The monoisotopic (exact) mass is 482 g/mol. The molecule has 31 heavy (non-hydrogen) atoms. The summed E-state index contributed by atoms with van der Waals surface area (Å²) in [5.41, 5.74) is 4.79. The Hall–Kier alpha value is -3.32. The van der Waals surface area contributed by atoms with Crippen LogP contribution in [0.1, 0.15) is 28.4 Å². The molecule has 0 radical (unpaired) electrons. The van der Waals surface area contributed by atoms with Crippen molar-refractivity contribution in [2.45, 2.75) is 13.5 Å². The number of methoxy groups -OCH3 is 1. The van der Waals surface area contributed by atoms with Crippen LogP contribution in [0.2, 0.25) is 0 Å². The lowest BCUT2D eigenvalue weighted by molar-refractivity contribution is 0.0954. The molecule has 0 fully saturated rings. The van der Waals surface area contributed by atoms with E-state index in [9.17, 15) is 4.79 Å². The predicted molar refractivity (Wildman–Crippen MR) is 124 cm³/mol. The smallest absolute Gasteiger partial charge is 0.271 e. The molecule has 0 saturated heterocycles. The zero-order chi connectivity index (χ0) is 22.1. The van der Waals surface area contributed by atoms with E-state index in [1.54, 1.807) is 24.4 Å². The van der Waals surface area contributed by atoms with Gasteiger partial charge in [0.25, 0.3) is 5.91 Å². The molecule has 1 amide bonds. The van der Waals surface area contributed by atoms with E-state index in [1.165, 1.54) is 7.11 Å². The van der Waals surface area contributed by atoms with Crippen molar-refractivity contribution < 1.29 is 19.0 Å². The zero-order valence-electron chi connectivity index (χ0n) is 17.3. The van der Waals surface area contributed by atoms with Crippen LogP contribution < -0.4 is 19.6 Å². The van der Waals surface area contributed by atoms with Crippen LogP contribution in [0.15, 0.2) is 76.3 Å². The Morgan fingerprint density at radius 2 is 1.77 bits per heavy atom. The van der Waals surface area contributed by atoms with Gasteiger partial charge in [0.05, 0.1) is 24.4 Å². The van der Waals surface area contributed by atoms with Crippen molar-refractivity contribution in [2.75, 3.05) is 13.7 Å². The molecule has 0 bridgehead atoms. The zero-order valence-corrected chi connectivity index (χ0v) is 18.9. The van der Waals surface area contributed by atoms with E-state index in [0.29, 0.717) is 30.3 Å². The number of carbonyl (C=O) groups excluding carboxylic acids is 1. The van der Waals surface area contributed by atoms with Crippen LogP contribution in [0.3, 0.4) is 0 Å². The molecule has 3 aromatic carbocycles. The molecule has 1 N–H and O–H groups in total. The number of hydrogen-bond donors (Lipinski definition) is 1. The largest absolute Gasteiger partial charge is 0.493 e. The molecule has 0 aliphatic rings. The second-order valence-corrected chi connectivity index (χ2v) is 7.32. The van der Waals surface area contributed by atoms with Gasteiger partial charge in [0, 0.05) is 5.56 Å². The molecule has 0 unspecified atom stereocenters. The first-order valence-corrected chi connectivity index (χ1v) is 10.5. The first-order chi connectivity index (χ1) is 15.1. The topological polar surface area (TPSA) is 69.2 Å². The highest BCUT2D eigenvalue weighted by atomic mass is 79.9. The van der Waals surface area contributed by atoms with Gasteiger partial charge < -0.3 is 14.2 Å². The predicted octanol–water partition coefficient (Wildman–Crippen LogP) is 5.20. The molecule has 0 saturated carbocycles. The van der Waals surface area contributed by atoms with Crippen LogP contribution in [0.4, 0.5) is 0 Å². The summed E-state index contributed by atoms with van der Waals surface area (Å²) < 4.78 is 17.5. The Kier molecular flexibility index (Phi) is 8.06. The number of nitrogens with zero attached hydrogens (tertiary/aromatic N) is 1. The first-order valence-electron chi connectivity index (χ1n) is 9.71. The number of benzene rings is 3. The summed E-state index contributed by atoms with van der Waals surface area (Å²) in [6.45, 7) is 2.92. The molecule has 7 heteroatoms. The van der Waals surface area contributed by atoms with Gasteiger partial charge in [0.1, 0.15) is 12.4 Å². The maximum absolute atomic E-state index is 12.4. The summed E-state index contributed by atoms with van der Waals surface area (Å²) in [6.07, 6.45) is 1.56. The normalized spacial score (nSPS) is 10.7. The highest BCUT2D eigenvalue weighted by molar-refractivity contribution is 9.10. The molecule has 3 aromatic rings. The fraction of sp³-hybridized carbons (Fsp3) is 0.167. The number of amides is 1. The van der Waals surface area contributed by atoms with Crippen LogP contribution in [-0.2, 0) is 6.61 Å². The van der Waals surface area contributed by atoms with Crippen LogP contribution >= 0.6 is 15.9 Å². The van der Waals surface area contributed by atoms with E-state index in [4.69, 9.17) is 14.2 Å². The molecule has 0 aromatic heterocycles. The summed E-state index contributed by atoms with van der Waals surface area (Å²) in [5.74, 6) is 1.44. The van der Waals surface area contributed by atoms with Gasteiger partial charge in [-0.05, 0) is 70.4 Å². The third-order valence-electron chi connectivity index (χ3n) is 4.30. The van der Waals surface area contributed by atoms with E-state index in [2.05, 4.69) is 26.5 Å². The molecule has 6 nitrogen and oxygen atoms in total. The van der Waals surface area contributed by atoms with Gasteiger partial charge in [-0.3, -0.25) is 4.79 Å². The van der Waals surface area contributed by atoms with E-state index in [0.717, 1.165) is 21.3 Å². The number of ether oxygens (including phenoxy) is 3. The number of nitrogens with one attached hydrogen (secondary N) is 1. The van der Waals surface area contributed by atoms with Gasteiger partial charge in [-0.1, -0.05) is 30.3 Å². The average molecular weight is 483 g/mol.